The molecule has 0 aromatic carbocycles. The van der Waals surface area contributed by atoms with Gasteiger partial charge in [0, 0.05) is 6.08 Å². The van der Waals surface area contributed by atoms with Crippen molar-refractivity contribution in [3.63, 3.8) is 0 Å². The predicted octanol–water partition coefficient (Wildman–Crippen LogP) is -0.235. The summed E-state index contributed by atoms with van der Waals surface area (Å²) < 4.78 is 0. The summed E-state index contributed by atoms with van der Waals surface area (Å²) in [5, 5.41) is 1.92. The van der Waals surface area contributed by atoms with Gasteiger partial charge in [-0.15, -0.1) is 0 Å². The molecule has 2 amide bonds. The van der Waals surface area contributed by atoms with Crippen LogP contribution in [0, 0.1) is 0 Å². The lowest BCUT2D eigenvalue weighted by Crippen LogP contribution is -2.21. The van der Waals surface area contributed by atoms with Crippen molar-refractivity contribution in [1.82, 2.24) is 5.32 Å². The van der Waals surface area contributed by atoms with E-state index in [4.69, 9.17) is 11.6 Å². The van der Waals surface area contributed by atoms with E-state index in [9.17, 15) is 9.59 Å². The van der Waals surface area contributed by atoms with Crippen LogP contribution in [0.4, 0.5) is 0 Å². The van der Waals surface area contributed by atoms with Gasteiger partial charge in [0.15, 0.2) is 0 Å². The molecule has 1 aliphatic heterocycles. The van der Waals surface area contributed by atoms with Crippen molar-refractivity contribution in [3.8, 4) is 0 Å². The Kier molecular flexibility index (Phi) is 1.06. The standard InChI is InChI=1S/C4H2ClNO2/c5-2-1-3(7)6-4(2)8/h1H,(H,6,7,8). The summed E-state index contributed by atoms with van der Waals surface area (Å²) in [7, 11) is 0. The van der Waals surface area contributed by atoms with Gasteiger partial charge >= 0.3 is 0 Å². The lowest BCUT2D eigenvalue weighted by molar-refractivity contribution is -0.123. The third kappa shape index (κ3) is 0.721. The van der Waals surface area contributed by atoms with Gasteiger partial charge in [-0.3, -0.25) is 14.9 Å². The maximum absolute atomic E-state index is 10.3. The van der Waals surface area contributed by atoms with Crippen LogP contribution in [0.3, 0.4) is 0 Å². The maximum atomic E-state index is 10.3. The van der Waals surface area contributed by atoms with Crippen LogP contribution in [-0.4, -0.2) is 11.8 Å². The molecule has 0 unspecified atom stereocenters. The van der Waals surface area contributed by atoms with Crippen LogP contribution in [0.5, 0.6) is 0 Å². The fraction of sp³-hybridized carbons (Fsp3) is 0. The van der Waals surface area contributed by atoms with Crippen molar-refractivity contribution in [3.05, 3.63) is 11.1 Å². The fourth-order valence-corrected chi connectivity index (χ4v) is 0.535. The van der Waals surface area contributed by atoms with E-state index in [1.165, 1.54) is 0 Å². The maximum Gasteiger partial charge on any atom is 0.269 e. The molecule has 1 aliphatic rings. The highest BCUT2D eigenvalue weighted by molar-refractivity contribution is 6.46. The molecule has 0 aliphatic carbocycles. The minimum Gasteiger partial charge on any atom is -0.288 e. The van der Waals surface area contributed by atoms with Crippen LogP contribution < -0.4 is 5.32 Å². The van der Waals surface area contributed by atoms with E-state index in [2.05, 4.69) is 0 Å². The van der Waals surface area contributed by atoms with Crippen LogP contribution >= 0.6 is 11.6 Å². The van der Waals surface area contributed by atoms with Gasteiger partial charge in [-0.2, -0.15) is 0 Å². The van der Waals surface area contributed by atoms with Gasteiger partial charge in [-0.05, 0) is 0 Å². The van der Waals surface area contributed by atoms with Gasteiger partial charge < -0.3 is 0 Å². The number of rotatable bonds is 0. The average molecular weight is 132 g/mol. The number of hydrogen-bond acceptors (Lipinski definition) is 2. The molecule has 0 saturated carbocycles. The number of carbonyl (C=O) groups is 2. The van der Waals surface area contributed by atoms with E-state index >= 15 is 0 Å². The Bertz CT molecular complexity index is 184. The Morgan fingerprint density at radius 1 is 1.50 bits per heavy atom. The Balaban J connectivity index is 2.88. The lowest BCUT2D eigenvalue weighted by atomic mass is 10.6. The number of hydrogen-bond donors (Lipinski definition) is 1. The van der Waals surface area contributed by atoms with Crippen LogP contribution in [-0.2, 0) is 9.59 Å². The number of imide groups is 1. The van der Waals surface area contributed by atoms with Gasteiger partial charge in [-0.25, -0.2) is 0 Å². The monoisotopic (exact) mass is 131 g/mol. The Morgan fingerprint density at radius 2 is 2.12 bits per heavy atom. The molecule has 42 valence electrons. The molecule has 1 heterocycles. The minimum atomic E-state index is -0.517. The second-order valence-corrected chi connectivity index (χ2v) is 1.72. The average Bonchev–Trinajstić information content (AvgIpc) is 1.85. The van der Waals surface area contributed by atoms with E-state index in [0.717, 1.165) is 6.08 Å². The van der Waals surface area contributed by atoms with Crippen molar-refractivity contribution in [2.24, 2.45) is 0 Å². The van der Waals surface area contributed by atoms with E-state index in [0.29, 0.717) is 0 Å². The number of carbonyl (C=O) groups excluding carboxylic acids is 2. The first-order chi connectivity index (χ1) is 3.70. The van der Waals surface area contributed by atoms with E-state index in [1.54, 1.807) is 0 Å². The molecule has 0 spiro atoms. The summed E-state index contributed by atoms with van der Waals surface area (Å²) in [5.41, 5.74) is 0. The highest BCUT2D eigenvalue weighted by Crippen LogP contribution is 2.05. The van der Waals surface area contributed by atoms with Crippen LogP contribution in [0.2, 0.25) is 0 Å². The molecule has 0 saturated heterocycles. The van der Waals surface area contributed by atoms with Gasteiger partial charge in [0.2, 0.25) is 0 Å². The molecule has 0 radical (unpaired) electrons. The Morgan fingerprint density at radius 3 is 2.25 bits per heavy atom. The van der Waals surface area contributed by atoms with Crippen LogP contribution in [0.1, 0.15) is 0 Å². The molecular weight excluding hydrogens is 130 g/mol. The molecular formula is C4H2ClNO2. The molecule has 0 aromatic rings. The first-order valence-corrected chi connectivity index (χ1v) is 2.30. The molecule has 0 atom stereocenters. The van der Waals surface area contributed by atoms with Gasteiger partial charge in [-0.1, -0.05) is 11.6 Å². The summed E-state index contributed by atoms with van der Waals surface area (Å²) in [4.78, 5) is 20.4. The molecule has 0 bridgehead atoms. The van der Waals surface area contributed by atoms with Crippen LogP contribution in [0.25, 0.3) is 0 Å². The summed E-state index contributed by atoms with van der Waals surface area (Å²) >= 11 is 5.19. The normalized spacial score (nSPS) is 18.4. The molecule has 3 nitrogen and oxygen atoms in total. The largest absolute Gasteiger partial charge is 0.288 e. The SMILES string of the molecule is O=C1C=C(Cl)C(=O)N1. The lowest BCUT2D eigenvalue weighted by Gasteiger charge is -1.82. The number of halogens is 1. The molecule has 0 aromatic heterocycles. The topological polar surface area (TPSA) is 46.2 Å². The van der Waals surface area contributed by atoms with Crippen molar-refractivity contribution in [2.45, 2.75) is 0 Å². The first kappa shape index (κ1) is 5.31. The zero-order valence-corrected chi connectivity index (χ0v) is 4.53. The van der Waals surface area contributed by atoms with Gasteiger partial charge in [0.1, 0.15) is 5.03 Å². The van der Waals surface area contributed by atoms with E-state index < -0.39 is 11.8 Å². The van der Waals surface area contributed by atoms with E-state index in [-0.39, 0.29) is 5.03 Å². The molecule has 1 rings (SSSR count). The van der Waals surface area contributed by atoms with Crippen molar-refractivity contribution >= 4 is 23.4 Å². The number of amides is 2. The smallest absolute Gasteiger partial charge is 0.269 e. The quantitative estimate of drug-likeness (QED) is 0.462. The second kappa shape index (κ2) is 1.59. The van der Waals surface area contributed by atoms with Crippen molar-refractivity contribution in [1.29, 1.82) is 0 Å². The summed E-state index contributed by atoms with van der Waals surface area (Å²) in [6, 6.07) is 0. The Labute approximate surface area is 50.3 Å². The Hall–Kier alpha value is -0.830. The summed E-state index contributed by atoms with van der Waals surface area (Å²) in [6.45, 7) is 0. The van der Waals surface area contributed by atoms with Crippen molar-refractivity contribution < 1.29 is 9.59 Å². The minimum absolute atomic E-state index is 0.0463. The third-order valence-corrected chi connectivity index (χ3v) is 0.992. The fourth-order valence-electron chi connectivity index (χ4n) is 0.388. The molecule has 4 heteroatoms. The molecule has 1 N–H and O–H groups in total. The summed E-state index contributed by atoms with van der Waals surface area (Å²) in [5.74, 6) is -0.961. The van der Waals surface area contributed by atoms with Gasteiger partial charge in [0.25, 0.3) is 11.8 Å². The summed E-state index contributed by atoms with van der Waals surface area (Å²) in [6.07, 6.45) is 1.05. The van der Waals surface area contributed by atoms with E-state index in [1.807, 2.05) is 5.32 Å². The first-order valence-electron chi connectivity index (χ1n) is 1.92. The van der Waals surface area contributed by atoms with Gasteiger partial charge in [0.05, 0.1) is 0 Å². The molecule has 0 fully saturated rings. The van der Waals surface area contributed by atoms with Crippen LogP contribution in [0.15, 0.2) is 11.1 Å². The van der Waals surface area contributed by atoms with Crippen molar-refractivity contribution in [2.75, 3.05) is 0 Å². The predicted molar refractivity (Wildman–Crippen MR) is 27.1 cm³/mol. The highest BCUT2D eigenvalue weighted by atomic mass is 35.5. The zero-order chi connectivity index (χ0) is 6.15. The third-order valence-electron chi connectivity index (χ3n) is 0.711. The zero-order valence-electron chi connectivity index (χ0n) is 3.77. The highest BCUT2D eigenvalue weighted by Gasteiger charge is 2.17. The number of nitrogens with one attached hydrogen (secondary N) is 1. The second-order valence-electron chi connectivity index (χ2n) is 1.31. The molecule has 8 heavy (non-hydrogen) atoms.